The standard InChI is InChI=1S/C10H14N2O2.2C2H6/c1-13-8-2-3-10(12-6-8)14-9-4-7(11)5-9;2*1-2/h2-3,6-7,9H,4-5,11H2,1H3;2*1-2H3. The Morgan fingerprint density at radius 3 is 2.17 bits per heavy atom. The number of pyridine rings is 1. The molecule has 2 rings (SSSR count). The number of hydrogen-bond acceptors (Lipinski definition) is 4. The first-order valence-corrected chi connectivity index (χ1v) is 6.70. The molecule has 1 aromatic rings. The summed E-state index contributed by atoms with van der Waals surface area (Å²) in [6.45, 7) is 8.00. The Morgan fingerprint density at radius 2 is 1.78 bits per heavy atom. The van der Waals surface area contributed by atoms with Gasteiger partial charge in [-0.2, -0.15) is 0 Å². The minimum absolute atomic E-state index is 0.242. The van der Waals surface area contributed by atoms with Crippen molar-refractivity contribution in [3.8, 4) is 11.6 Å². The molecule has 1 heterocycles. The number of hydrogen-bond donors (Lipinski definition) is 1. The minimum Gasteiger partial charge on any atom is -0.495 e. The monoisotopic (exact) mass is 254 g/mol. The second kappa shape index (κ2) is 9.71. The van der Waals surface area contributed by atoms with Crippen molar-refractivity contribution in [3.05, 3.63) is 18.3 Å². The van der Waals surface area contributed by atoms with Crippen LogP contribution < -0.4 is 15.2 Å². The molecule has 0 radical (unpaired) electrons. The lowest BCUT2D eigenvalue weighted by Gasteiger charge is -2.32. The minimum atomic E-state index is 0.242. The van der Waals surface area contributed by atoms with Crippen LogP contribution in [0.1, 0.15) is 40.5 Å². The highest BCUT2D eigenvalue weighted by atomic mass is 16.5. The lowest BCUT2D eigenvalue weighted by atomic mass is 9.90. The maximum Gasteiger partial charge on any atom is 0.213 e. The van der Waals surface area contributed by atoms with Gasteiger partial charge in [-0.1, -0.05) is 27.7 Å². The summed E-state index contributed by atoms with van der Waals surface area (Å²) in [4.78, 5) is 4.11. The maximum atomic E-state index is 5.65. The summed E-state index contributed by atoms with van der Waals surface area (Å²) in [5.41, 5.74) is 5.65. The molecule has 104 valence electrons. The van der Waals surface area contributed by atoms with E-state index in [0.717, 1.165) is 18.6 Å². The fourth-order valence-electron chi connectivity index (χ4n) is 1.43. The normalized spacial score (nSPS) is 20.3. The van der Waals surface area contributed by atoms with Gasteiger partial charge in [0.1, 0.15) is 11.9 Å². The van der Waals surface area contributed by atoms with Gasteiger partial charge in [-0.3, -0.25) is 0 Å². The second-order valence-corrected chi connectivity index (χ2v) is 3.51. The van der Waals surface area contributed by atoms with Crippen molar-refractivity contribution < 1.29 is 9.47 Å². The molecule has 1 saturated carbocycles. The van der Waals surface area contributed by atoms with Crippen LogP contribution in [-0.2, 0) is 0 Å². The third kappa shape index (κ3) is 5.36. The number of aromatic nitrogens is 1. The van der Waals surface area contributed by atoms with E-state index in [4.69, 9.17) is 15.2 Å². The summed E-state index contributed by atoms with van der Waals surface area (Å²) in [5, 5.41) is 0. The van der Waals surface area contributed by atoms with Gasteiger partial charge in [0, 0.05) is 12.1 Å². The van der Waals surface area contributed by atoms with E-state index >= 15 is 0 Å². The highest BCUT2D eigenvalue weighted by Gasteiger charge is 2.27. The van der Waals surface area contributed by atoms with Gasteiger partial charge in [-0.25, -0.2) is 4.98 Å². The zero-order valence-corrected chi connectivity index (χ0v) is 12.1. The third-order valence-corrected chi connectivity index (χ3v) is 2.36. The molecule has 0 unspecified atom stereocenters. The molecule has 4 heteroatoms. The Bertz CT molecular complexity index is 295. The number of nitrogens with two attached hydrogens (primary N) is 1. The second-order valence-electron chi connectivity index (χ2n) is 3.51. The molecule has 1 aromatic heterocycles. The zero-order valence-electron chi connectivity index (χ0n) is 12.1. The van der Waals surface area contributed by atoms with Gasteiger partial charge in [0.15, 0.2) is 0 Å². The Hall–Kier alpha value is -1.29. The van der Waals surface area contributed by atoms with E-state index in [1.165, 1.54) is 0 Å². The Morgan fingerprint density at radius 1 is 1.17 bits per heavy atom. The van der Waals surface area contributed by atoms with Crippen LogP contribution in [0.25, 0.3) is 0 Å². The van der Waals surface area contributed by atoms with Crippen LogP contribution >= 0.6 is 0 Å². The van der Waals surface area contributed by atoms with Crippen LogP contribution in [0.5, 0.6) is 11.6 Å². The van der Waals surface area contributed by atoms with E-state index in [1.54, 1.807) is 13.3 Å². The van der Waals surface area contributed by atoms with E-state index < -0.39 is 0 Å². The predicted octanol–water partition coefficient (Wildman–Crippen LogP) is 3.01. The van der Waals surface area contributed by atoms with Crippen molar-refractivity contribution in [2.75, 3.05) is 7.11 Å². The topological polar surface area (TPSA) is 57.4 Å². The van der Waals surface area contributed by atoms with Gasteiger partial charge in [0.25, 0.3) is 0 Å². The lowest BCUT2D eigenvalue weighted by molar-refractivity contribution is 0.0957. The van der Waals surface area contributed by atoms with Crippen LogP contribution in [0.4, 0.5) is 0 Å². The molecule has 2 N–H and O–H groups in total. The van der Waals surface area contributed by atoms with Crippen molar-refractivity contribution in [1.82, 2.24) is 4.98 Å². The summed E-state index contributed by atoms with van der Waals surface area (Å²) in [5.74, 6) is 1.38. The fraction of sp³-hybridized carbons (Fsp3) is 0.643. The predicted molar refractivity (Wildman–Crippen MR) is 75.1 cm³/mol. The van der Waals surface area contributed by atoms with Crippen LogP contribution in [0.15, 0.2) is 18.3 Å². The molecule has 0 spiro atoms. The van der Waals surface area contributed by atoms with Gasteiger partial charge in [-0.05, 0) is 18.9 Å². The molecular weight excluding hydrogens is 228 g/mol. The van der Waals surface area contributed by atoms with E-state index in [-0.39, 0.29) is 6.10 Å². The molecule has 0 saturated heterocycles. The van der Waals surface area contributed by atoms with E-state index in [0.29, 0.717) is 11.9 Å². The highest BCUT2D eigenvalue weighted by molar-refractivity contribution is 5.22. The number of ether oxygens (including phenoxy) is 2. The molecule has 0 amide bonds. The third-order valence-electron chi connectivity index (χ3n) is 2.36. The van der Waals surface area contributed by atoms with Crippen molar-refractivity contribution >= 4 is 0 Å². The van der Waals surface area contributed by atoms with Crippen molar-refractivity contribution in [3.63, 3.8) is 0 Å². The van der Waals surface area contributed by atoms with Crippen molar-refractivity contribution in [1.29, 1.82) is 0 Å². The summed E-state index contributed by atoms with van der Waals surface area (Å²) >= 11 is 0. The summed E-state index contributed by atoms with van der Waals surface area (Å²) < 4.78 is 10.6. The Labute approximate surface area is 111 Å². The smallest absolute Gasteiger partial charge is 0.213 e. The quantitative estimate of drug-likeness (QED) is 0.900. The molecule has 0 bridgehead atoms. The number of nitrogens with zero attached hydrogens (tertiary/aromatic N) is 1. The van der Waals surface area contributed by atoms with Crippen LogP contribution in [0.2, 0.25) is 0 Å². The highest BCUT2D eigenvalue weighted by Crippen LogP contribution is 2.23. The van der Waals surface area contributed by atoms with Crippen molar-refractivity contribution in [2.24, 2.45) is 5.73 Å². The molecule has 0 aliphatic heterocycles. The van der Waals surface area contributed by atoms with Crippen molar-refractivity contribution in [2.45, 2.75) is 52.7 Å². The van der Waals surface area contributed by atoms with E-state index in [9.17, 15) is 0 Å². The largest absolute Gasteiger partial charge is 0.495 e. The number of methoxy groups -OCH3 is 1. The van der Waals surface area contributed by atoms with Gasteiger partial charge in [-0.15, -0.1) is 0 Å². The van der Waals surface area contributed by atoms with E-state index in [1.807, 2.05) is 39.8 Å². The molecule has 1 aliphatic rings. The zero-order chi connectivity index (χ0) is 14.0. The van der Waals surface area contributed by atoms with Crippen LogP contribution in [0, 0.1) is 0 Å². The molecule has 4 nitrogen and oxygen atoms in total. The summed E-state index contributed by atoms with van der Waals surface area (Å²) in [7, 11) is 1.61. The molecular formula is C14H26N2O2. The summed E-state index contributed by atoms with van der Waals surface area (Å²) in [6, 6.07) is 3.95. The van der Waals surface area contributed by atoms with Gasteiger partial charge in [0.2, 0.25) is 5.88 Å². The van der Waals surface area contributed by atoms with E-state index in [2.05, 4.69) is 4.98 Å². The van der Waals surface area contributed by atoms with Crippen LogP contribution in [-0.4, -0.2) is 24.2 Å². The Balaban J connectivity index is 0.000000659. The first kappa shape index (κ1) is 16.7. The SMILES string of the molecule is CC.CC.COc1ccc(OC2CC(N)C2)nc1. The molecule has 18 heavy (non-hydrogen) atoms. The molecule has 1 fully saturated rings. The van der Waals surface area contributed by atoms with Crippen LogP contribution in [0.3, 0.4) is 0 Å². The molecule has 0 aromatic carbocycles. The van der Waals surface area contributed by atoms with Gasteiger partial charge >= 0.3 is 0 Å². The number of rotatable bonds is 3. The first-order valence-electron chi connectivity index (χ1n) is 6.70. The lowest BCUT2D eigenvalue weighted by Crippen LogP contribution is -2.43. The molecule has 0 atom stereocenters. The maximum absolute atomic E-state index is 5.65. The average molecular weight is 254 g/mol. The van der Waals surface area contributed by atoms with Gasteiger partial charge < -0.3 is 15.2 Å². The molecule has 1 aliphatic carbocycles. The summed E-state index contributed by atoms with van der Waals surface area (Å²) in [6.07, 6.45) is 3.74. The van der Waals surface area contributed by atoms with Gasteiger partial charge in [0.05, 0.1) is 13.3 Å². The fourth-order valence-corrected chi connectivity index (χ4v) is 1.43. The first-order chi connectivity index (χ1) is 8.78. The average Bonchev–Trinajstić information content (AvgIpc) is 2.42. The Kier molecular flexibility index (Phi) is 9.01.